The molecule has 1 aromatic heterocycles. The van der Waals surface area contributed by atoms with Gasteiger partial charge in [-0.05, 0) is 38.1 Å². The molecule has 4 heteroatoms. The van der Waals surface area contributed by atoms with Crippen molar-refractivity contribution in [3.63, 3.8) is 0 Å². The fourth-order valence-corrected chi connectivity index (χ4v) is 3.02. The third-order valence-electron chi connectivity index (χ3n) is 4.17. The molecule has 20 heavy (non-hydrogen) atoms. The zero-order chi connectivity index (χ0) is 14.4. The summed E-state index contributed by atoms with van der Waals surface area (Å²) in [5.74, 6) is 2.08. The normalized spacial score (nSPS) is 22.8. The Morgan fingerprint density at radius 1 is 1.25 bits per heavy atom. The molecule has 0 bridgehead atoms. The van der Waals surface area contributed by atoms with Crippen molar-refractivity contribution in [2.75, 3.05) is 20.3 Å². The summed E-state index contributed by atoms with van der Waals surface area (Å²) in [4.78, 5) is 4.47. The molecule has 1 aliphatic carbocycles. The van der Waals surface area contributed by atoms with Crippen molar-refractivity contribution in [2.24, 2.45) is 17.6 Å². The second-order valence-electron chi connectivity index (χ2n) is 5.70. The SMILES string of the molecule is COc1cc(C)nc(COCC2CCCCC2CN)c1. The third-order valence-corrected chi connectivity index (χ3v) is 4.17. The van der Waals surface area contributed by atoms with Crippen molar-refractivity contribution in [1.82, 2.24) is 4.98 Å². The number of methoxy groups -OCH3 is 1. The first-order valence-corrected chi connectivity index (χ1v) is 7.52. The Kier molecular flexibility index (Phi) is 5.80. The summed E-state index contributed by atoms with van der Waals surface area (Å²) in [6, 6.07) is 3.86. The van der Waals surface area contributed by atoms with E-state index in [4.69, 9.17) is 15.2 Å². The molecule has 2 unspecified atom stereocenters. The maximum atomic E-state index is 5.87. The maximum absolute atomic E-state index is 5.87. The number of hydrogen-bond donors (Lipinski definition) is 1. The van der Waals surface area contributed by atoms with Crippen LogP contribution >= 0.6 is 0 Å². The van der Waals surface area contributed by atoms with Gasteiger partial charge in [-0.25, -0.2) is 0 Å². The molecule has 4 nitrogen and oxygen atoms in total. The summed E-state index contributed by atoms with van der Waals surface area (Å²) in [5, 5.41) is 0. The highest BCUT2D eigenvalue weighted by Crippen LogP contribution is 2.29. The number of rotatable bonds is 6. The molecular weight excluding hydrogens is 252 g/mol. The molecule has 2 N–H and O–H groups in total. The molecule has 1 heterocycles. The van der Waals surface area contributed by atoms with Gasteiger partial charge in [0.15, 0.2) is 0 Å². The fourth-order valence-electron chi connectivity index (χ4n) is 3.02. The predicted octanol–water partition coefficient (Wildman–Crippen LogP) is 2.68. The number of nitrogens with zero attached hydrogens (tertiary/aromatic N) is 1. The van der Waals surface area contributed by atoms with E-state index in [0.29, 0.717) is 18.4 Å². The van der Waals surface area contributed by atoms with Crippen molar-refractivity contribution in [2.45, 2.75) is 39.2 Å². The molecule has 0 saturated heterocycles. The standard InChI is InChI=1S/C16H26N2O2/c1-12-7-16(19-2)8-15(18-12)11-20-10-14-6-4-3-5-13(14)9-17/h7-8,13-14H,3-6,9-11,17H2,1-2H3. The lowest BCUT2D eigenvalue weighted by Crippen LogP contribution is -2.29. The molecule has 2 atom stereocenters. The van der Waals surface area contributed by atoms with Gasteiger partial charge in [0.2, 0.25) is 0 Å². The molecular formula is C16H26N2O2. The summed E-state index contributed by atoms with van der Waals surface area (Å²) in [7, 11) is 1.67. The Morgan fingerprint density at radius 3 is 2.70 bits per heavy atom. The highest BCUT2D eigenvalue weighted by Gasteiger charge is 2.23. The van der Waals surface area contributed by atoms with Crippen molar-refractivity contribution in [3.8, 4) is 5.75 Å². The van der Waals surface area contributed by atoms with E-state index in [-0.39, 0.29) is 0 Å². The first-order valence-electron chi connectivity index (χ1n) is 7.52. The van der Waals surface area contributed by atoms with E-state index in [9.17, 15) is 0 Å². The van der Waals surface area contributed by atoms with E-state index in [1.165, 1.54) is 25.7 Å². The van der Waals surface area contributed by atoms with Crippen LogP contribution in [0, 0.1) is 18.8 Å². The van der Waals surface area contributed by atoms with Gasteiger partial charge in [0.05, 0.1) is 26.0 Å². The Labute approximate surface area is 121 Å². The van der Waals surface area contributed by atoms with E-state index in [1.807, 2.05) is 19.1 Å². The molecule has 2 rings (SSSR count). The van der Waals surface area contributed by atoms with Crippen LogP contribution < -0.4 is 10.5 Å². The van der Waals surface area contributed by atoms with Crippen molar-refractivity contribution >= 4 is 0 Å². The number of aromatic nitrogens is 1. The quantitative estimate of drug-likeness (QED) is 0.869. The van der Waals surface area contributed by atoms with Crippen molar-refractivity contribution in [1.29, 1.82) is 0 Å². The van der Waals surface area contributed by atoms with Crippen LogP contribution in [0.15, 0.2) is 12.1 Å². The van der Waals surface area contributed by atoms with Gasteiger partial charge < -0.3 is 15.2 Å². The lowest BCUT2D eigenvalue weighted by Gasteiger charge is -2.30. The number of nitrogens with two attached hydrogens (primary N) is 1. The van der Waals surface area contributed by atoms with Crippen LogP contribution in [0.5, 0.6) is 5.75 Å². The van der Waals surface area contributed by atoms with E-state index < -0.39 is 0 Å². The van der Waals surface area contributed by atoms with E-state index in [1.54, 1.807) is 7.11 Å². The summed E-state index contributed by atoms with van der Waals surface area (Å²) >= 11 is 0. The average molecular weight is 278 g/mol. The molecule has 0 amide bonds. The van der Waals surface area contributed by atoms with Crippen LogP contribution in [-0.2, 0) is 11.3 Å². The number of pyridine rings is 1. The van der Waals surface area contributed by atoms with Gasteiger partial charge >= 0.3 is 0 Å². The van der Waals surface area contributed by atoms with E-state index in [2.05, 4.69) is 4.98 Å². The first kappa shape index (κ1) is 15.3. The second kappa shape index (κ2) is 7.60. The Balaban J connectivity index is 1.84. The van der Waals surface area contributed by atoms with Crippen molar-refractivity contribution < 1.29 is 9.47 Å². The minimum absolute atomic E-state index is 0.547. The summed E-state index contributed by atoms with van der Waals surface area (Å²) in [6.07, 6.45) is 5.11. The van der Waals surface area contributed by atoms with Gasteiger partial charge in [-0.2, -0.15) is 0 Å². The van der Waals surface area contributed by atoms with Gasteiger partial charge in [-0.1, -0.05) is 12.8 Å². The predicted molar refractivity (Wildman–Crippen MR) is 79.7 cm³/mol. The zero-order valence-corrected chi connectivity index (χ0v) is 12.6. The van der Waals surface area contributed by atoms with Crippen LogP contribution in [0.25, 0.3) is 0 Å². The fraction of sp³-hybridized carbons (Fsp3) is 0.688. The van der Waals surface area contributed by atoms with Gasteiger partial charge in [0.25, 0.3) is 0 Å². The molecule has 1 fully saturated rings. The summed E-state index contributed by atoms with van der Waals surface area (Å²) < 4.78 is 11.1. The highest BCUT2D eigenvalue weighted by atomic mass is 16.5. The zero-order valence-electron chi connectivity index (χ0n) is 12.6. The minimum Gasteiger partial charge on any atom is -0.497 e. The molecule has 112 valence electrons. The number of ether oxygens (including phenoxy) is 2. The minimum atomic E-state index is 0.547. The average Bonchev–Trinajstić information content (AvgIpc) is 2.47. The first-order chi connectivity index (χ1) is 9.72. The Hall–Kier alpha value is -1.13. The number of aryl methyl sites for hydroxylation is 1. The molecule has 0 radical (unpaired) electrons. The van der Waals surface area contributed by atoms with Crippen LogP contribution in [-0.4, -0.2) is 25.2 Å². The van der Waals surface area contributed by atoms with Gasteiger partial charge in [-0.15, -0.1) is 0 Å². The molecule has 0 aliphatic heterocycles. The van der Waals surface area contributed by atoms with Crippen LogP contribution in [0.3, 0.4) is 0 Å². The Morgan fingerprint density at radius 2 is 2.00 bits per heavy atom. The lowest BCUT2D eigenvalue weighted by molar-refractivity contribution is 0.0496. The van der Waals surface area contributed by atoms with Crippen LogP contribution in [0.2, 0.25) is 0 Å². The van der Waals surface area contributed by atoms with Crippen molar-refractivity contribution in [3.05, 3.63) is 23.5 Å². The largest absolute Gasteiger partial charge is 0.497 e. The van der Waals surface area contributed by atoms with Crippen LogP contribution in [0.1, 0.15) is 37.1 Å². The second-order valence-corrected chi connectivity index (χ2v) is 5.70. The van der Waals surface area contributed by atoms with E-state index >= 15 is 0 Å². The Bertz CT molecular complexity index is 423. The lowest BCUT2D eigenvalue weighted by atomic mass is 9.80. The molecule has 0 spiro atoms. The highest BCUT2D eigenvalue weighted by molar-refractivity contribution is 5.26. The molecule has 1 aliphatic rings. The third kappa shape index (κ3) is 4.18. The number of hydrogen-bond acceptors (Lipinski definition) is 4. The monoisotopic (exact) mass is 278 g/mol. The van der Waals surface area contributed by atoms with E-state index in [0.717, 1.165) is 30.3 Å². The summed E-state index contributed by atoms with van der Waals surface area (Å²) in [6.45, 7) is 4.09. The van der Waals surface area contributed by atoms with Gasteiger partial charge in [0, 0.05) is 17.8 Å². The summed E-state index contributed by atoms with van der Waals surface area (Å²) in [5.41, 5.74) is 7.74. The smallest absolute Gasteiger partial charge is 0.122 e. The maximum Gasteiger partial charge on any atom is 0.122 e. The molecule has 1 aromatic rings. The van der Waals surface area contributed by atoms with Gasteiger partial charge in [0.1, 0.15) is 5.75 Å². The van der Waals surface area contributed by atoms with Crippen LogP contribution in [0.4, 0.5) is 0 Å². The molecule has 0 aromatic carbocycles. The van der Waals surface area contributed by atoms with Gasteiger partial charge in [-0.3, -0.25) is 4.98 Å². The molecule has 1 saturated carbocycles. The topological polar surface area (TPSA) is 57.4 Å².